The van der Waals surface area contributed by atoms with Crippen molar-refractivity contribution in [2.24, 2.45) is 5.92 Å². The molecule has 7 heteroatoms. The molecule has 0 bridgehead atoms. The van der Waals surface area contributed by atoms with Crippen LogP contribution in [0.1, 0.15) is 6.92 Å². The van der Waals surface area contributed by atoms with Crippen LogP contribution in [-0.4, -0.2) is 49.8 Å². The van der Waals surface area contributed by atoms with Gasteiger partial charge in [-0.1, -0.05) is 49.4 Å². The van der Waals surface area contributed by atoms with E-state index < -0.39 is 10.2 Å². The van der Waals surface area contributed by atoms with E-state index in [9.17, 15) is 8.42 Å². The Kier molecular flexibility index (Phi) is 4.54. The fraction of sp³-hybridized carbons (Fsp3) is 0.350. The Labute approximate surface area is 160 Å². The van der Waals surface area contributed by atoms with E-state index in [2.05, 4.69) is 6.19 Å². The van der Waals surface area contributed by atoms with E-state index in [-0.39, 0.29) is 12.0 Å². The lowest BCUT2D eigenvalue weighted by Crippen LogP contribution is -2.43. The smallest absolute Gasteiger partial charge is 0.304 e. The molecule has 27 heavy (non-hydrogen) atoms. The molecule has 6 nitrogen and oxygen atoms in total. The molecular weight excluding hydrogens is 360 g/mol. The molecule has 0 aliphatic carbocycles. The molecule has 2 heterocycles. The first-order chi connectivity index (χ1) is 13.0. The number of nitrogens with zero attached hydrogens (tertiary/aromatic N) is 4. The van der Waals surface area contributed by atoms with E-state index in [0.29, 0.717) is 31.9 Å². The Morgan fingerprint density at radius 3 is 2.26 bits per heavy atom. The van der Waals surface area contributed by atoms with Crippen molar-refractivity contribution in [2.45, 2.75) is 13.0 Å². The van der Waals surface area contributed by atoms with E-state index in [1.54, 1.807) is 9.21 Å². The second-order valence-electron chi connectivity index (χ2n) is 7.15. The van der Waals surface area contributed by atoms with Gasteiger partial charge in [-0.05, 0) is 29.2 Å². The summed E-state index contributed by atoms with van der Waals surface area (Å²) in [6.07, 6.45) is 2.14. The van der Waals surface area contributed by atoms with E-state index >= 15 is 0 Å². The summed E-state index contributed by atoms with van der Waals surface area (Å²) in [5.74, 6) is 0.139. The number of rotatable bonds is 3. The van der Waals surface area contributed by atoms with Crippen LogP contribution >= 0.6 is 0 Å². The van der Waals surface area contributed by atoms with Gasteiger partial charge in [0.1, 0.15) is 0 Å². The monoisotopic (exact) mass is 382 g/mol. The fourth-order valence-corrected chi connectivity index (χ4v) is 5.89. The Morgan fingerprint density at radius 2 is 1.63 bits per heavy atom. The number of benzene rings is 2. The van der Waals surface area contributed by atoms with Crippen LogP contribution in [0.15, 0.2) is 54.6 Å². The zero-order valence-corrected chi connectivity index (χ0v) is 16.0. The van der Waals surface area contributed by atoms with Crippen molar-refractivity contribution in [3.05, 3.63) is 54.6 Å². The van der Waals surface area contributed by atoms with Crippen LogP contribution in [-0.2, 0) is 10.2 Å². The largest absolute Gasteiger partial charge is 0.309 e. The maximum absolute atomic E-state index is 13.1. The molecule has 2 aromatic carbocycles. The Bertz CT molecular complexity index is 954. The summed E-state index contributed by atoms with van der Waals surface area (Å²) in [7, 11) is -3.58. The molecule has 0 aromatic heterocycles. The average Bonchev–Trinajstić information content (AvgIpc) is 3.20. The molecule has 2 fully saturated rings. The first-order valence-corrected chi connectivity index (χ1v) is 10.5. The molecule has 4 rings (SSSR count). The van der Waals surface area contributed by atoms with E-state index in [1.165, 1.54) is 4.31 Å². The minimum atomic E-state index is -3.58. The van der Waals surface area contributed by atoms with Crippen molar-refractivity contribution in [3.8, 4) is 17.3 Å². The molecule has 2 aliphatic heterocycles. The molecule has 2 aliphatic rings. The van der Waals surface area contributed by atoms with Gasteiger partial charge in [0.15, 0.2) is 6.19 Å². The Balaban J connectivity index is 1.56. The zero-order chi connectivity index (χ0) is 19.0. The molecule has 2 atom stereocenters. The van der Waals surface area contributed by atoms with Gasteiger partial charge in [0.05, 0.1) is 5.69 Å². The normalized spacial score (nSPS) is 24.9. The summed E-state index contributed by atoms with van der Waals surface area (Å²) in [4.78, 5) is 1.64. The molecule has 1 unspecified atom stereocenters. The predicted molar refractivity (Wildman–Crippen MR) is 105 cm³/mol. The van der Waals surface area contributed by atoms with Crippen molar-refractivity contribution in [1.82, 2.24) is 9.21 Å². The summed E-state index contributed by atoms with van der Waals surface area (Å²) in [5.41, 5.74) is 2.84. The van der Waals surface area contributed by atoms with Crippen molar-refractivity contribution < 1.29 is 8.42 Å². The molecule has 0 amide bonds. The minimum absolute atomic E-state index is 0.139. The highest BCUT2D eigenvalue weighted by molar-refractivity contribution is 7.90. The van der Waals surface area contributed by atoms with Gasteiger partial charge >= 0.3 is 10.2 Å². The van der Waals surface area contributed by atoms with E-state index in [1.807, 2.05) is 61.5 Å². The molecule has 0 radical (unpaired) electrons. The second-order valence-corrected chi connectivity index (χ2v) is 8.96. The molecule has 2 saturated heterocycles. The van der Waals surface area contributed by atoms with Gasteiger partial charge in [-0.3, -0.25) is 4.31 Å². The van der Waals surface area contributed by atoms with Gasteiger partial charge in [-0.25, -0.2) is 0 Å². The van der Waals surface area contributed by atoms with Crippen LogP contribution < -0.4 is 4.31 Å². The molecule has 0 saturated carbocycles. The number of anilines is 1. The Hall–Kier alpha value is -2.56. The van der Waals surface area contributed by atoms with Gasteiger partial charge in [0.25, 0.3) is 0 Å². The van der Waals surface area contributed by atoms with Crippen LogP contribution in [0.3, 0.4) is 0 Å². The molecule has 140 valence electrons. The average molecular weight is 382 g/mol. The summed E-state index contributed by atoms with van der Waals surface area (Å²) >= 11 is 0. The van der Waals surface area contributed by atoms with Gasteiger partial charge < -0.3 is 4.90 Å². The summed E-state index contributed by atoms with van der Waals surface area (Å²) in [6, 6.07) is 17.5. The molecule has 0 N–H and O–H groups in total. The highest BCUT2D eigenvalue weighted by atomic mass is 32.2. The fourth-order valence-electron chi connectivity index (χ4n) is 4.00. The lowest BCUT2D eigenvalue weighted by atomic mass is 10.1. The maximum Gasteiger partial charge on any atom is 0.304 e. The third-order valence-electron chi connectivity index (χ3n) is 5.44. The first-order valence-electron chi connectivity index (χ1n) is 9.10. The minimum Gasteiger partial charge on any atom is -0.309 e. The second kappa shape index (κ2) is 6.87. The van der Waals surface area contributed by atoms with E-state index in [0.717, 1.165) is 11.1 Å². The van der Waals surface area contributed by atoms with Crippen molar-refractivity contribution in [2.75, 3.05) is 30.5 Å². The Morgan fingerprint density at radius 1 is 0.963 bits per heavy atom. The number of hydrogen-bond acceptors (Lipinski definition) is 4. The van der Waals surface area contributed by atoms with Gasteiger partial charge in [-0.15, -0.1) is 0 Å². The number of likely N-dealkylation sites (tertiary alicyclic amines) is 1. The quantitative estimate of drug-likeness (QED) is 0.765. The van der Waals surface area contributed by atoms with E-state index in [4.69, 9.17) is 5.26 Å². The highest BCUT2D eigenvalue weighted by Crippen LogP contribution is 2.32. The van der Waals surface area contributed by atoms with Crippen LogP contribution in [0, 0.1) is 17.4 Å². The van der Waals surface area contributed by atoms with Crippen LogP contribution in [0.25, 0.3) is 11.1 Å². The van der Waals surface area contributed by atoms with Crippen molar-refractivity contribution in [3.63, 3.8) is 0 Å². The number of hydrogen-bond donors (Lipinski definition) is 0. The number of nitriles is 1. The van der Waals surface area contributed by atoms with Gasteiger partial charge in [-0.2, -0.15) is 18.0 Å². The van der Waals surface area contributed by atoms with Crippen LogP contribution in [0.4, 0.5) is 5.69 Å². The highest BCUT2D eigenvalue weighted by Gasteiger charge is 2.45. The lowest BCUT2D eigenvalue weighted by Gasteiger charge is -2.26. The van der Waals surface area contributed by atoms with Crippen molar-refractivity contribution in [1.29, 1.82) is 5.26 Å². The van der Waals surface area contributed by atoms with Gasteiger partial charge in [0, 0.05) is 32.2 Å². The standard InChI is InChI=1S/C20H22N4O2S/c1-16-13-22(15-21)14-20(16)24-12-11-23(27(24,25)26)19-9-7-18(8-10-19)17-5-3-2-4-6-17/h2-10,16,20H,11-14H2,1H3/t16-,20?/m0/s1. The third-order valence-corrected chi connectivity index (χ3v) is 7.44. The molecular formula is C20H22N4O2S. The SMILES string of the molecule is C[C@H]1CN(C#N)CC1N1CCN(c2ccc(-c3ccccc3)cc2)S1(=O)=O. The topological polar surface area (TPSA) is 67.7 Å². The first kappa shape index (κ1) is 17.8. The molecule has 0 spiro atoms. The zero-order valence-electron chi connectivity index (χ0n) is 15.2. The summed E-state index contributed by atoms with van der Waals surface area (Å²) in [5, 5.41) is 9.12. The van der Waals surface area contributed by atoms with Crippen LogP contribution in [0.5, 0.6) is 0 Å². The molecule has 2 aromatic rings. The van der Waals surface area contributed by atoms with Crippen LogP contribution in [0.2, 0.25) is 0 Å². The van der Waals surface area contributed by atoms with Gasteiger partial charge in [0.2, 0.25) is 0 Å². The lowest BCUT2D eigenvalue weighted by molar-refractivity contribution is 0.309. The maximum atomic E-state index is 13.1. The predicted octanol–water partition coefficient (Wildman–Crippen LogP) is 2.52. The summed E-state index contributed by atoms with van der Waals surface area (Å²) < 4.78 is 29.3. The third kappa shape index (κ3) is 3.15. The summed E-state index contributed by atoms with van der Waals surface area (Å²) in [6.45, 7) is 3.98. The van der Waals surface area contributed by atoms with Crippen molar-refractivity contribution >= 4 is 15.9 Å².